The summed E-state index contributed by atoms with van der Waals surface area (Å²) in [6.45, 7) is 7.85. The van der Waals surface area contributed by atoms with Gasteiger partial charge in [0.2, 0.25) is 10.0 Å². The van der Waals surface area contributed by atoms with Crippen molar-refractivity contribution in [1.82, 2.24) is 4.90 Å². The molecule has 3 rings (SSSR count). The van der Waals surface area contributed by atoms with Crippen molar-refractivity contribution in [2.45, 2.75) is 40.2 Å². The van der Waals surface area contributed by atoms with E-state index >= 15 is 0 Å². The van der Waals surface area contributed by atoms with Crippen molar-refractivity contribution in [3.05, 3.63) is 64.7 Å². The number of benzene rings is 2. The molecule has 1 aliphatic rings. The Labute approximate surface area is 174 Å². The third kappa shape index (κ3) is 4.99. The summed E-state index contributed by atoms with van der Waals surface area (Å²) in [6, 6.07) is 13.1. The van der Waals surface area contributed by atoms with Gasteiger partial charge in [-0.15, -0.1) is 0 Å². The van der Waals surface area contributed by atoms with Crippen LogP contribution in [0.3, 0.4) is 0 Å². The first-order valence-electron chi connectivity index (χ1n) is 10.1. The van der Waals surface area contributed by atoms with Gasteiger partial charge in [-0.1, -0.05) is 37.3 Å². The highest BCUT2D eigenvalue weighted by Crippen LogP contribution is 2.28. The topological polar surface area (TPSA) is 57.7 Å². The first-order valence-corrected chi connectivity index (χ1v) is 11.9. The summed E-state index contributed by atoms with van der Waals surface area (Å²) in [5, 5.41) is 0. The molecule has 0 radical (unpaired) electrons. The van der Waals surface area contributed by atoms with E-state index in [0.717, 1.165) is 41.9 Å². The van der Waals surface area contributed by atoms with Crippen LogP contribution in [0.25, 0.3) is 0 Å². The van der Waals surface area contributed by atoms with Crippen molar-refractivity contribution in [3.8, 4) is 0 Å². The molecule has 0 spiro atoms. The second-order valence-electron chi connectivity index (χ2n) is 8.21. The quantitative estimate of drug-likeness (QED) is 0.739. The number of nitrogens with zero attached hydrogens (tertiary/aromatic N) is 2. The molecule has 2 aromatic carbocycles. The largest absolute Gasteiger partial charge is 0.338 e. The number of para-hydroxylation sites is 1. The number of carbonyl (C=O) groups excluding carboxylic acids is 1. The molecule has 0 aliphatic carbocycles. The van der Waals surface area contributed by atoms with Crippen LogP contribution >= 0.6 is 0 Å². The van der Waals surface area contributed by atoms with E-state index in [1.165, 1.54) is 17.0 Å². The summed E-state index contributed by atoms with van der Waals surface area (Å²) in [4.78, 5) is 14.7. The van der Waals surface area contributed by atoms with Gasteiger partial charge in [0.25, 0.3) is 5.91 Å². The van der Waals surface area contributed by atoms with Crippen molar-refractivity contribution in [1.29, 1.82) is 0 Å². The third-order valence-corrected chi connectivity index (χ3v) is 6.67. The lowest BCUT2D eigenvalue weighted by Gasteiger charge is -2.31. The van der Waals surface area contributed by atoms with Gasteiger partial charge in [-0.3, -0.25) is 9.10 Å². The predicted molar refractivity (Wildman–Crippen MR) is 118 cm³/mol. The maximum Gasteiger partial charge on any atom is 0.253 e. The second kappa shape index (κ2) is 8.57. The molecule has 5 nitrogen and oxygen atoms in total. The summed E-state index contributed by atoms with van der Waals surface area (Å²) in [6.07, 6.45) is 3.45. The van der Waals surface area contributed by atoms with Gasteiger partial charge in [-0.25, -0.2) is 8.42 Å². The number of carbonyl (C=O) groups is 1. The fourth-order valence-corrected chi connectivity index (χ4v) is 5.04. The normalized spacial score (nSPS) is 17.2. The molecule has 0 unspecified atom stereocenters. The van der Waals surface area contributed by atoms with E-state index in [4.69, 9.17) is 0 Å². The fraction of sp³-hybridized carbons (Fsp3) is 0.435. The van der Waals surface area contributed by atoms with E-state index in [9.17, 15) is 13.2 Å². The number of hydrogen-bond donors (Lipinski definition) is 0. The van der Waals surface area contributed by atoms with E-state index in [2.05, 4.69) is 6.92 Å². The van der Waals surface area contributed by atoms with Crippen LogP contribution in [0.15, 0.2) is 42.5 Å². The number of amides is 1. The lowest BCUT2D eigenvalue weighted by Crippen LogP contribution is -2.39. The summed E-state index contributed by atoms with van der Waals surface area (Å²) < 4.78 is 26.5. The highest BCUT2D eigenvalue weighted by molar-refractivity contribution is 7.92. The van der Waals surface area contributed by atoms with Crippen molar-refractivity contribution in [2.24, 2.45) is 5.92 Å². The second-order valence-corrected chi connectivity index (χ2v) is 10.1. The van der Waals surface area contributed by atoms with Crippen LogP contribution in [-0.4, -0.2) is 38.6 Å². The Balaban J connectivity index is 1.82. The number of rotatable bonds is 5. The van der Waals surface area contributed by atoms with E-state index in [-0.39, 0.29) is 12.5 Å². The Morgan fingerprint density at radius 3 is 2.28 bits per heavy atom. The van der Waals surface area contributed by atoms with Gasteiger partial charge in [0.15, 0.2) is 0 Å². The molecule has 1 aliphatic heterocycles. The van der Waals surface area contributed by atoms with E-state index in [1.54, 1.807) is 0 Å². The Hall–Kier alpha value is -2.34. The van der Waals surface area contributed by atoms with Crippen molar-refractivity contribution >= 4 is 21.6 Å². The molecular formula is C23H30N2O3S. The Bertz CT molecular complexity index is 963. The van der Waals surface area contributed by atoms with Gasteiger partial charge < -0.3 is 4.90 Å². The van der Waals surface area contributed by atoms with Gasteiger partial charge in [-0.05, 0) is 61.4 Å². The molecule has 2 aromatic rings. The zero-order valence-electron chi connectivity index (χ0n) is 17.7. The minimum Gasteiger partial charge on any atom is -0.338 e. The number of anilines is 1. The first kappa shape index (κ1) is 21.4. The van der Waals surface area contributed by atoms with Crippen molar-refractivity contribution < 1.29 is 13.2 Å². The van der Waals surface area contributed by atoms with Crippen LogP contribution in [0.4, 0.5) is 5.69 Å². The lowest BCUT2D eigenvalue weighted by molar-refractivity contribution is 0.0683. The number of sulfonamides is 1. The lowest BCUT2D eigenvalue weighted by atomic mass is 9.99. The smallest absolute Gasteiger partial charge is 0.253 e. The van der Waals surface area contributed by atoms with Crippen LogP contribution in [0, 0.1) is 19.8 Å². The molecule has 1 atom stereocenters. The molecule has 0 saturated carbocycles. The molecule has 1 saturated heterocycles. The third-order valence-electron chi connectivity index (χ3n) is 5.56. The first-order chi connectivity index (χ1) is 13.7. The number of hydrogen-bond acceptors (Lipinski definition) is 3. The van der Waals surface area contributed by atoms with Crippen LogP contribution < -0.4 is 4.31 Å². The molecule has 1 amide bonds. The van der Waals surface area contributed by atoms with E-state index in [0.29, 0.717) is 11.5 Å². The van der Waals surface area contributed by atoms with Gasteiger partial charge in [0, 0.05) is 18.7 Å². The van der Waals surface area contributed by atoms with E-state index < -0.39 is 10.0 Å². The summed E-state index contributed by atoms with van der Waals surface area (Å²) in [7, 11) is -3.45. The molecule has 1 fully saturated rings. The number of piperidine rings is 1. The molecule has 156 valence electrons. The zero-order chi connectivity index (χ0) is 21.2. The number of aryl methyl sites for hydroxylation is 2. The zero-order valence-corrected chi connectivity index (χ0v) is 18.5. The minimum atomic E-state index is -3.45. The van der Waals surface area contributed by atoms with Gasteiger partial charge >= 0.3 is 0 Å². The molecule has 1 heterocycles. The summed E-state index contributed by atoms with van der Waals surface area (Å²) >= 11 is 0. The van der Waals surface area contributed by atoms with Gasteiger partial charge in [-0.2, -0.15) is 0 Å². The highest BCUT2D eigenvalue weighted by Gasteiger charge is 2.23. The summed E-state index contributed by atoms with van der Waals surface area (Å²) in [5.41, 5.74) is 4.06. The van der Waals surface area contributed by atoms with Crippen LogP contribution in [0.1, 0.15) is 46.8 Å². The van der Waals surface area contributed by atoms with Crippen molar-refractivity contribution in [2.75, 3.05) is 23.7 Å². The SMILES string of the molecule is Cc1cccc(C)c1N(Cc1ccc(C(=O)N2CCC[C@H](C)C2)cc1)S(C)(=O)=O. The molecule has 29 heavy (non-hydrogen) atoms. The molecule has 0 aromatic heterocycles. The van der Waals surface area contributed by atoms with Crippen LogP contribution in [0.5, 0.6) is 0 Å². The average Bonchev–Trinajstić information content (AvgIpc) is 2.66. The number of likely N-dealkylation sites (tertiary alicyclic amines) is 1. The molecular weight excluding hydrogens is 384 g/mol. The maximum atomic E-state index is 12.8. The minimum absolute atomic E-state index is 0.0535. The molecule has 6 heteroatoms. The maximum absolute atomic E-state index is 12.8. The Morgan fingerprint density at radius 2 is 1.72 bits per heavy atom. The summed E-state index contributed by atoms with van der Waals surface area (Å²) in [5.74, 6) is 0.588. The standard InChI is InChI=1S/C23H30N2O3S/c1-17-7-6-14-24(15-17)23(26)21-12-10-20(11-13-21)16-25(29(4,27)28)22-18(2)8-5-9-19(22)3/h5,8-13,17H,6-7,14-16H2,1-4H3/t17-/m0/s1. The Morgan fingerprint density at radius 1 is 1.10 bits per heavy atom. The van der Waals surface area contributed by atoms with Crippen LogP contribution in [0.2, 0.25) is 0 Å². The van der Waals surface area contributed by atoms with Crippen LogP contribution in [-0.2, 0) is 16.6 Å². The van der Waals surface area contributed by atoms with Gasteiger partial charge in [0.05, 0.1) is 18.5 Å². The monoisotopic (exact) mass is 414 g/mol. The van der Waals surface area contributed by atoms with Crippen molar-refractivity contribution in [3.63, 3.8) is 0 Å². The van der Waals surface area contributed by atoms with Gasteiger partial charge in [0.1, 0.15) is 0 Å². The fourth-order valence-electron chi connectivity index (χ4n) is 4.04. The average molecular weight is 415 g/mol. The highest BCUT2D eigenvalue weighted by atomic mass is 32.2. The molecule has 0 bridgehead atoms. The predicted octanol–water partition coefficient (Wildman–Crippen LogP) is 4.14. The molecule has 0 N–H and O–H groups in total. The van der Waals surface area contributed by atoms with E-state index in [1.807, 2.05) is 61.2 Å². The Kier molecular flexibility index (Phi) is 6.32.